The average Bonchev–Trinajstić information content (AvgIpc) is 1.98. The molecule has 46 valence electrons. The number of hydrogen-bond donors (Lipinski definition) is 2. The lowest BCUT2D eigenvalue weighted by Crippen LogP contribution is -2.17. The van der Waals surface area contributed by atoms with Gasteiger partial charge in [0.25, 0.3) is 0 Å². The van der Waals surface area contributed by atoms with Gasteiger partial charge >= 0.3 is 0 Å². The van der Waals surface area contributed by atoms with Gasteiger partial charge in [0.2, 0.25) is 0 Å². The second kappa shape index (κ2) is 2.39. The number of thioether (sulfide) groups is 1. The van der Waals surface area contributed by atoms with Gasteiger partial charge in [-0.3, -0.25) is 0 Å². The van der Waals surface area contributed by atoms with Crippen molar-refractivity contribution in [3.63, 3.8) is 0 Å². The lowest BCUT2D eigenvalue weighted by atomic mass is 10.4. The van der Waals surface area contributed by atoms with Crippen molar-refractivity contribution in [1.82, 2.24) is 0 Å². The summed E-state index contributed by atoms with van der Waals surface area (Å²) in [4.78, 5) is 0. The predicted molar refractivity (Wildman–Crippen MR) is 36.6 cm³/mol. The maximum Gasteiger partial charge on any atom is 0.134 e. The minimum atomic E-state index is -0.722. The van der Waals surface area contributed by atoms with Gasteiger partial charge < -0.3 is 10.2 Å². The minimum absolute atomic E-state index is 0.662. The maximum absolute atomic E-state index is 8.88. The van der Waals surface area contributed by atoms with E-state index in [-0.39, 0.29) is 0 Å². The Labute approximate surface area is 59.7 Å². The largest absolute Gasteiger partial charge is 0.384 e. The quantitative estimate of drug-likeness (QED) is 0.598. The van der Waals surface area contributed by atoms with E-state index in [9.17, 15) is 0 Å². The van der Waals surface area contributed by atoms with E-state index in [1.54, 1.807) is 5.41 Å². The summed E-state index contributed by atoms with van der Waals surface area (Å²) in [6, 6.07) is 0. The van der Waals surface area contributed by atoms with Crippen molar-refractivity contribution in [1.29, 1.82) is 0 Å². The first-order chi connectivity index (χ1) is 3.72. The molecule has 0 saturated heterocycles. The van der Waals surface area contributed by atoms with Crippen LogP contribution >= 0.6 is 27.7 Å². The standard InChI is InChI=1S/C4H5BrO2S/c5-2-1-8-4(7)3(2)6/h1,3-4,6-7H/t3-,4+/m1/s1. The van der Waals surface area contributed by atoms with E-state index >= 15 is 0 Å². The molecule has 1 heterocycles. The van der Waals surface area contributed by atoms with Crippen molar-refractivity contribution in [3.05, 3.63) is 9.89 Å². The molecule has 4 heteroatoms. The zero-order valence-corrected chi connectivity index (χ0v) is 6.32. The Morgan fingerprint density at radius 1 is 1.62 bits per heavy atom. The van der Waals surface area contributed by atoms with Crippen LogP contribution in [0.15, 0.2) is 9.89 Å². The van der Waals surface area contributed by atoms with Gasteiger partial charge in [0.15, 0.2) is 0 Å². The summed E-state index contributed by atoms with van der Waals surface area (Å²) in [5, 5.41) is 19.4. The molecule has 0 aromatic heterocycles. The van der Waals surface area contributed by atoms with Gasteiger partial charge in [0.05, 0.1) is 0 Å². The van der Waals surface area contributed by atoms with E-state index in [1.807, 2.05) is 0 Å². The van der Waals surface area contributed by atoms with Gasteiger partial charge in [-0.15, -0.1) is 0 Å². The first kappa shape index (κ1) is 6.61. The molecule has 2 atom stereocenters. The second-order valence-electron chi connectivity index (χ2n) is 1.47. The number of rotatable bonds is 0. The van der Waals surface area contributed by atoms with Crippen molar-refractivity contribution in [2.24, 2.45) is 0 Å². The average molecular weight is 197 g/mol. The van der Waals surface area contributed by atoms with Crippen LogP contribution < -0.4 is 0 Å². The summed E-state index contributed by atoms with van der Waals surface area (Å²) >= 11 is 4.28. The van der Waals surface area contributed by atoms with Gasteiger partial charge in [-0.2, -0.15) is 0 Å². The number of aliphatic hydroxyl groups is 2. The van der Waals surface area contributed by atoms with Gasteiger partial charge in [0.1, 0.15) is 11.5 Å². The molecule has 0 aromatic carbocycles. The predicted octanol–water partition coefficient (Wildman–Crippen LogP) is 0.649. The van der Waals surface area contributed by atoms with E-state index < -0.39 is 11.5 Å². The molecule has 1 aliphatic rings. The van der Waals surface area contributed by atoms with Crippen LogP contribution in [0.3, 0.4) is 0 Å². The molecule has 0 unspecified atom stereocenters. The smallest absolute Gasteiger partial charge is 0.134 e. The Morgan fingerprint density at radius 3 is 2.38 bits per heavy atom. The third-order valence-corrected chi connectivity index (χ3v) is 2.80. The van der Waals surface area contributed by atoms with Crippen LogP contribution in [0.1, 0.15) is 0 Å². The zero-order valence-electron chi connectivity index (χ0n) is 3.91. The Hall–Kier alpha value is 0.490. The molecule has 1 aliphatic heterocycles. The lowest BCUT2D eigenvalue weighted by molar-refractivity contribution is 0.109. The van der Waals surface area contributed by atoms with Crippen LogP contribution in [0.4, 0.5) is 0 Å². The normalized spacial score (nSPS) is 37.6. The highest BCUT2D eigenvalue weighted by atomic mass is 79.9. The minimum Gasteiger partial charge on any atom is -0.384 e. The first-order valence-electron chi connectivity index (χ1n) is 2.09. The van der Waals surface area contributed by atoms with E-state index in [2.05, 4.69) is 15.9 Å². The van der Waals surface area contributed by atoms with Crippen LogP contribution in [0.25, 0.3) is 0 Å². The summed E-state index contributed by atoms with van der Waals surface area (Å²) in [6.45, 7) is 0. The molecule has 2 N–H and O–H groups in total. The second-order valence-corrected chi connectivity index (χ2v) is 3.38. The summed E-state index contributed by atoms with van der Waals surface area (Å²) in [7, 11) is 0. The molecule has 0 bridgehead atoms. The van der Waals surface area contributed by atoms with E-state index in [0.29, 0.717) is 4.48 Å². The highest BCUT2D eigenvalue weighted by Gasteiger charge is 2.24. The molecule has 0 radical (unpaired) electrons. The van der Waals surface area contributed by atoms with Gasteiger partial charge in [-0.1, -0.05) is 27.7 Å². The molecular formula is C4H5BrO2S. The molecule has 0 fully saturated rings. The van der Waals surface area contributed by atoms with E-state index in [1.165, 1.54) is 11.8 Å². The lowest BCUT2D eigenvalue weighted by Gasteiger charge is -2.05. The van der Waals surface area contributed by atoms with Crippen molar-refractivity contribution < 1.29 is 10.2 Å². The Morgan fingerprint density at radius 2 is 2.25 bits per heavy atom. The van der Waals surface area contributed by atoms with Crippen LogP contribution in [0.5, 0.6) is 0 Å². The number of aliphatic hydroxyl groups excluding tert-OH is 2. The van der Waals surface area contributed by atoms with Crippen LogP contribution in [0, 0.1) is 0 Å². The molecule has 8 heavy (non-hydrogen) atoms. The summed E-state index contributed by atoms with van der Waals surface area (Å²) in [6.07, 6.45) is -0.722. The third kappa shape index (κ3) is 1.07. The highest BCUT2D eigenvalue weighted by Crippen LogP contribution is 2.31. The monoisotopic (exact) mass is 196 g/mol. The van der Waals surface area contributed by atoms with Crippen molar-refractivity contribution in [2.75, 3.05) is 0 Å². The number of halogens is 1. The highest BCUT2D eigenvalue weighted by molar-refractivity contribution is 9.11. The molecule has 0 aromatic rings. The molecule has 0 spiro atoms. The van der Waals surface area contributed by atoms with Gasteiger partial charge in [-0.25, -0.2) is 0 Å². The van der Waals surface area contributed by atoms with E-state index in [0.717, 1.165) is 0 Å². The number of hydrogen-bond acceptors (Lipinski definition) is 3. The van der Waals surface area contributed by atoms with Gasteiger partial charge in [0, 0.05) is 4.48 Å². The van der Waals surface area contributed by atoms with Crippen LogP contribution in [0.2, 0.25) is 0 Å². The Balaban J connectivity index is 2.59. The van der Waals surface area contributed by atoms with Crippen molar-refractivity contribution in [3.8, 4) is 0 Å². The molecular weight excluding hydrogens is 192 g/mol. The molecule has 0 aliphatic carbocycles. The van der Waals surface area contributed by atoms with Crippen LogP contribution in [-0.4, -0.2) is 21.8 Å². The summed E-state index contributed by atoms with van der Waals surface area (Å²) < 4.78 is 0.662. The zero-order chi connectivity index (χ0) is 6.15. The SMILES string of the molecule is O[C@@H]1C(Br)=CS[C@@H]1O. The van der Waals surface area contributed by atoms with Crippen LogP contribution in [-0.2, 0) is 0 Å². The topological polar surface area (TPSA) is 40.5 Å². The Kier molecular flexibility index (Phi) is 1.97. The third-order valence-electron chi connectivity index (χ3n) is 0.873. The Bertz CT molecular complexity index is 125. The maximum atomic E-state index is 8.88. The fourth-order valence-electron chi connectivity index (χ4n) is 0.415. The summed E-state index contributed by atoms with van der Waals surface area (Å²) in [5.74, 6) is 0. The summed E-state index contributed by atoms with van der Waals surface area (Å²) in [5.41, 5.74) is -0.677. The molecule has 1 rings (SSSR count). The van der Waals surface area contributed by atoms with Gasteiger partial charge in [-0.05, 0) is 5.41 Å². The molecule has 2 nitrogen and oxygen atoms in total. The first-order valence-corrected chi connectivity index (χ1v) is 3.82. The van der Waals surface area contributed by atoms with E-state index in [4.69, 9.17) is 10.2 Å². The van der Waals surface area contributed by atoms with Crippen molar-refractivity contribution in [2.45, 2.75) is 11.5 Å². The fraction of sp³-hybridized carbons (Fsp3) is 0.500. The molecule has 0 saturated carbocycles. The fourth-order valence-corrected chi connectivity index (χ4v) is 1.87. The molecule has 0 amide bonds. The van der Waals surface area contributed by atoms with Crippen molar-refractivity contribution >= 4 is 27.7 Å².